The summed E-state index contributed by atoms with van der Waals surface area (Å²) in [6.45, 7) is 2.25. The van der Waals surface area contributed by atoms with Gasteiger partial charge >= 0.3 is 5.97 Å². The lowest BCUT2D eigenvalue weighted by Crippen LogP contribution is -2.37. The standard InChI is InChI=1S/C17H23F2NO3/c1-2-23-17(22)11-6-8-12(9-7-11)20-10-15(21)16-13(18)4-3-5-14(16)19/h3-5,11-12,15,20-21H,2,6-10H2,1H3. The van der Waals surface area contributed by atoms with Crippen molar-refractivity contribution in [2.24, 2.45) is 5.92 Å². The fourth-order valence-electron chi connectivity index (χ4n) is 3.00. The van der Waals surface area contributed by atoms with Crippen molar-refractivity contribution >= 4 is 5.97 Å². The molecule has 0 radical (unpaired) electrons. The molecule has 1 unspecified atom stereocenters. The van der Waals surface area contributed by atoms with Crippen molar-refractivity contribution in [3.63, 3.8) is 0 Å². The van der Waals surface area contributed by atoms with Gasteiger partial charge in [0.1, 0.15) is 11.6 Å². The highest BCUT2D eigenvalue weighted by Gasteiger charge is 2.27. The van der Waals surface area contributed by atoms with Crippen LogP contribution in [0.3, 0.4) is 0 Å². The minimum atomic E-state index is -1.24. The Hall–Kier alpha value is -1.53. The Bertz CT molecular complexity index is 510. The van der Waals surface area contributed by atoms with E-state index >= 15 is 0 Å². The maximum absolute atomic E-state index is 13.6. The van der Waals surface area contributed by atoms with Gasteiger partial charge in [0.15, 0.2) is 0 Å². The lowest BCUT2D eigenvalue weighted by molar-refractivity contribution is -0.149. The van der Waals surface area contributed by atoms with Crippen LogP contribution < -0.4 is 5.32 Å². The van der Waals surface area contributed by atoms with Gasteiger partial charge in [-0.05, 0) is 44.7 Å². The first-order valence-corrected chi connectivity index (χ1v) is 8.05. The Balaban J connectivity index is 1.80. The van der Waals surface area contributed by atoms with E-state index in [2.05, 4.69) is 5.32 Å². The molecule has 2 rings (SSSR count). The molecule has 0 amide bonds. The average Bonchev–Trinajstić information content (AvgIpc) is 2.53. The van der Waals surface area contributed by atoms with E-state index in [-0.39, 0.29) is 30.0 Å². The number of esters is 1. The molecule has 1 saturated carbocycles. The molecule has 1 aromatic rings. The quantitative estimate of drug-likeness (QED) is 0.789. The smallest absolute Gasteiger partial charge is 0.308 e. The molecule has 128 valence electrons. The first kappa shape index (κ1) is 17.8. The predicted molar refractivity (Wildman–Crippen MR) is 81.7 cm³/mol. The summed E-state index contributed by atoms with van der Waals surface area (Å²) >= 11 is 0. The number of carbonyl (C=O) groups excluding carboxylic acids is 1. The van der Waals surface area contributed by atoms with Crippen LogP contribution in [-0.2, 0) is 9.53 Å². The second-order valence-corrected chi connectivity index (χ2v) is 5.86. The summed E-state index contributed by atoms with van der Waals surface area (Å²) in [4.78, 5) is 11.7. The van der Waals surface area contributed by atoms with Crippen molar-refractivity contribution in [3.05, 3.63) is 35.4 Å². The molecule has 0 heterocycles. The predicted octanol–water partition coefficient (Wildman–Crippen LogP) is 2.71. The van der Waals surface area contributed by atoms with E-state index in [1.165, 1.54) is 6.07 Å². The van der Waals surface area contributed by atoms with Crippen LogP contribution >= 0.6 is 0 Å². The minimum absolute atomic E-state index is 0.0677. The molecule has 1 atom stereocenters. The number of nitrogens with one attached hydrogen (secondary N) is 1. The van der Waals surface area contributed by atoms with Crippen LogP contribution in [0.2, 0.25) is 0 Å². The highest BCUT2D eigenvalue weighted by atomic mass is 19.1. The summed E-state index contributed by atoms with van der Waals surface area (Å²) < 4.78 is 32.2. The average molecular weight is 327 g/mol. The number of carbonyl (C=O) groups is 1. The van der Waals surface area contributed by atoms with E-state index in [0.29, 0.717) is 6.61 Å². The van der Waals surface area contributed by atoms with Crippen LogP contribution in [0.15, 0.2) is 18.2 Å². The number of rotatable bonds is 6. The van der Waals surface area contributed by atoms with Crippen LogP contribution in [-0.4, -0.2) is 30.3 Å². The zero-order chi connectivity index (χ0) is 16.8. The maximum Gasteiger partial charge on any atom is 0.308 e. The van der Waals surface area contributed by atoms with Crippen molar-refractivity contribution in [2.75, 3.05) is 13.2 Å². The van der Waals surface area contributed by atoms with Gasteiger partial charge in [-0.25, -0.2) is 8.78 Å². The summed E-state index contributed by atoms with van der Waals surface area (Å²) in [6.07, 6.45) is 1.76. The maximum atomic E-state index is 13.6. The van der Waals surface area contributed by atoms with Gasteiger partial charge in [0.05, 0.1) is 24.2 Å². The molecule has 0 aromatic heterocycles. The lowest BCUT2D eigenvalue weighted by Gasteiger charge is -2.28. The summed E-state index contributed by atoms with van der Waals surface area (Å²) in [6, 6.07) is 3.66. The Morgan fingerprint density at radius 1 is 1.30 bits per heavy atom. The van der Waals surface area contributed by atoms with Crippen molar-refractivity contribution in [2.45, 2.75) is 44.8 Å². The van der Waals surface area contributed by atoms with Gasteiger partial charge in [0, 0.05) is 12.6 Å². The number of hydrogen-bond acceptors (Lipinski definition) is 4. The SMILES string of the molecule is CCOC(=O)C1CCC(NCC(O)c2c(F)cccc2F)CC1. The van der Waals surface area contributed by atoms with Crippen LogP contribution in [0.1, 0.15) is 44.3 Å². The first-order chi connectivity index (χ1) is 11.0. The number of hydrogen-bond donors (Lipinski definition) is 2. The summed E-state index contributed by atoms with van der Waals surface area (Å²) in [5.74, 6) is -1.71. The largest absolute Gasteiger partial charge is 0.466 e. The highest BCUT2D eigenvalue weighted by molar-refractivity contribution is 5.72. The van der Waals surface area contributed by atoms with E-state index in [9.17, 15) is 18.7 Å². The van der Waals surface area contributed by atoms with E-state index < -0.39 is 17.7 Å². The number of aliphatic hydroxyl groups is 1. The van der Waals surface area contributed by atoms with Crippen molar-refractivity contribution in [1.29, 1.82) is 0 Å². The zero-order valence-electron chi connectivity index (χ0n) is 13.2. The van der Waals surface area contributed by atoms with Gasteiger partial charge in [-0.3, -0.25) is 4.79 Å². The van der Waals surface area contributed by atoms with Crippen LogP contribution in [0.4, 0.5) is 8.78 Å². The molecule has 0 aliphatic heterocycles. The number of benzene rings is 1. The molecule has 6 heteroatoms. The van der Waals surface area contributed by atoms with E-state index in [4.69, 9.17) is 4.74 Å². The fourth-order valence-corrected chi connectivity index (χ4v) is 3.00. The number of ether oxygens (including phenoxy) is 1. The normalized spacial score (nSPS) is 22.6. The van der Waals surface area contributed by atoms with Crippen molar-refractivity contribution < 1.29 is 23.4 Å². The van der Waals surface area contributed by atoms with Crippen LogP contribution in [0.25, 0.3) is 0 Å². The van der Waals surface area contributed by atoms with E-state index in [0.717, 1.165) is 37.8 Å². The summed E-state index contributed by atoms with van der Waals surface area (Å²) in [7, 11) is 0. The van der Waals surface area contributed by atoms with Crippen LogP contribution in [0.5, 0.6) is 0 Å². The lowest BCUT2D eigenvalue weighted by atomic mass is 9.86. The number of halogens is 2. The Kier molecular flexibility index (Phi) is 6.47. The van der Waals surface area contributed by atoms with E-state index in [1.807, 2.05) is 0 Å². The van der Waals surface area contributed by atoms with Crippen molar-refractivity contribution in [3.8, 4) is 0 Å². The van der Waals surface area contributed by atoms with Gasteiger partial charge < -0.3 is 15.2 Å². The molecular formula is C17H23F2NO3. The van der Waals surface area contributed by atoms with Crippen LogP contribution in [0, 0.1) is 17.6 Å². The first-order valence-electron chi connectivity index (χ1n) is 8.05. The van der Waals surface area contributed by atoms with Gasteiger partial charge in [-0.15, -0.1) is 0 Å². The van der Waals surface area contributed by atoms with Gasteiger partial charge in [0.25, 0.3) is 0 Å². The van der Waals surface area contributed by atoms with Gasteiger partial charge in [-0.2, -0.15) is 0 Å². The summed E-state index contributed by atoms with van der Waals surface area (Å²) in [5, 5.41) is 13.1. The topological polar surface area (TPSA) is 58.6 Å². The molecule has 0 spiro atoms. The molecule has 4 nitrogen and oxygen atoms in total. The second-order valence-electron chi connectivity index (χ2n) is 5.86. The molecule has 2 N–H and O–H groups in total. The Labute approximate surface area is 134 Å². The third-order valence-electron chi connectivity index (χ3n) is 4.28. The molecule has 0 bridgehead atoms. The van der Waals surface area contributed by atoms with E-state index in [1.54, 1.807) is 6.92 Å². The minimum Gasteiger partial charge on any atom is -0.466 e. The molecule has 1 aromatic carbocycles. The zero-order valence-corrected chi connectivity index (χ0v) is 13.2. The fraction of sp³-hybridized carbons (Fsp3) is 0.588. The third kappa shape index (κ3) is 4.72. The molecular weight excluding hydrogens is 304 g/mol. The Morgan fingerprint density at radius 2 is 1.91 bits per heavy atom. The highest BCUT2D eigenvalue weighted by Crippen LogP contribution is 2.26. The monoisotopic (exact) mass is 327 g/mol. The Morgan fingerprint density at radius 3 is 2.48 bits per heavy atom. The van der Waals surface area contributed by atoms with Gasteiger partial charge in [0.2, 0.25) is 0 Å². The summed E-state index contributed by atoms with van der Waals surface area (Å²) in [5.41, 5.74) is -0.305. The van der Waals surface area contributed by atoms with Crippen molar-refractivity contribution in [1.82, 2.24) is 5.32 Å². The third-order valence-corrected chi connectivity index (χ3v) is 4.28. The van der Waals surface area contributed by atoms with Gasteiger partial charge in [-0.1, -0.05) is 6.07 Å². The number of aliphatic hydroxyl groups excluding tert-OH is 1. The second kappa shape index (κ2) is 8.36. The molecule has 1 aliphatic rings. The molecule has 1 aliphatic carbocycles. The molecule has 0 saturated heterocycles. The molecule has 23 heavy (non-hydrogen) atoms. The molecule has 1 fully saturated rings.